The lowest BCUT2D eigenvalue weighted by atomic mass is 10.1. The number of nitrogens with zero attached hydrogens (tertiary/aromatic N) is 5. The number of aliphatic imine (C=N–C) groups is 1. The average Bonchev–Trinajstić information content (AvgIpc) is 3.23. The van der Waals surface area contributed by atoms with Gasteiger partial charge in [-0.25, -0.2) is 9.98 Å². The number of H-pyrrole nitrogens is 1. The molecule has 2 aliphatic rings. The molecule has 0 spiro atoms. The zero-order chi connectivity index (χ0) is 19.3. The molecule has 146 valence electrons. The molecule has 27 heavy (non-hydrogen) atoms. The topological polar surface area (TPSA) is 107 Å². The van der Waals surface area contributed by atoms with E-state index in [0.717, 1.165) is 6.42 Å². The van der Waals surface area contributed by atoms with E-state index in [1.807, 2.05) is 34.9 Å². The summed E-state index contributed by atoms with van der Waals surface area (Å²) in [6.07, 6.45) is 2.84. The second-order valence-electron chi connectivity index (χ2n) is 7.46. The van der Waals surface area contributed by atoms with E-state index in [1.54, 1.807) is 22.1 Å². The molecule has 4 heterocycles. The van der Waals surface area contributed by atoms with E-state index in [-0.39, 0.29) is 35.3 Å². The summed E-state index contributed by atoms with van der Waals surface area (Å²) in [5.74, 6) is -0.485. The highest BCUT2D eigenvalue weighted by Crippen LogP contribution is 2.44. The van der Waals surface area contributed by atoms with Gasteiger partial charge in [0.25, 0.3) is 5.56 Å². The SMILES string of the molecule is CC[C@H]1O[C@@H](n2cnc3c(=O)[nH]c(/N=C/N(C)C)nc32)[C@H]2OC(C)(C)OC12. The Morgan fingerprint density at radius 2 is 2.11 bits per heavy atom. The zero-order valence-electron chi connectivity index (χ0n) is 16.0. The minimum absolute atomic E-state index is 0.104. The largest absolute Gasteiger partial charge is 0.369 e. The molecule has 2 aromatic heterocycles. The summed E-state index contributed by atoms with van der Waals surface area (Å²) in [4.78, 5) is 29.6. The third kappa shape index (κ3) is 3.13. The van der Waals surface area contributed by atoms with Crippen LogP contribution < -0.4 is 5.56 Å². The molecule has 2 fully saturated rings. The lowest BCUT2D eigenvalue weighted by molar-refractivity contribution is -0.196. The van der Waals surface area contributed by atoms with Gasteiger partial charge in [0.05, 0.1) is 18.8 Å². The maximum Gasteiger partial charge on any atom is 0.280 e. The van der Waals surface area contributed by atoms with Crippen LogP contribution in [0, 0.1) is 0 Å². The summed E-state index contributed by atoms with van der Waals surface area (Å²) in [6.45, 7) is 5.82. The number of nitrogens with one attached hydrogen (secondary N) is 1. The van der Waals surface area contributed by atoms with E-state index in [4.69, 9.17) is 14.2 Å². The predicted octanol–water partition coefficient (Wildman–Crippen LogP) is 1.17. The van der Waals surface area contributed by atoms with E-state index in [0.29, 0.717) is 5.65 Å². The van der Waals surface area contributed by atoms with Crippen LogP contribution in [0.25, 0.3) is 11.2 Å². The zero-order valence-corrected chi connectivity index (χ0v) is 16.0. The Kier molecular flexibility index (Phi) is 4.28. The van der Waals surface area contributed by atoms with Gasteiger partial charge in [-0.2, -0.15) is 4.98 Å². The van der Waals surface area contributed by atoms with Gasteiger partial charge < -0.3 is 19.1 Å². The van der Waals surface area contributed by atoms with Gasteiger partial charge in [-0.3, -0.25) is 14.3 Å². The van der Waals surface area contributed by atoms with E-state index in [2.05, 4.69) is 19.9 Å². The van der Waals surface area contributed by atoms with Crippen LogP contribution >= 0.6 is 0 Å². The highest BCUT2D eigenvalue weighted by atomic mass is 16.8. The van der Waals surface area contributed by atoms with Crippen molar-refractivity contribution in [3.8, 4) is 0 Å². The predicted molar refractivity (Wildman–Crippen MR) is 98.0 cm³/mol. The number of ether oxygens (including phenoxy) is 3. The first-order valence-electron chi connectivity index (χ1n) is 8.97. The standard InChI is InChI=1S/C17H24N6O4/c1-6-9-11-12(27-17(2,3)26-11)15(25-9)23-8-18-10-13(23)20-16(21-14(10)24)19-7-22(4)5/h7-9,11-12,15H,6H2,1-5H3,(H,20,21,24)/b19-7+/t9-,11?,12+,15-/m1/s1. The molecule has 0 aliphatic carbocycles. The molecule has 0 aromatic carbocycles. The molecule has 4 rings (SSSR count). The van der Waals surface area contributed by atoms with Crippen LogP contribution in [0.2, 0.25) is 0 Å². The van der Waals surface area contributed by atoms with Crippen molar-refractivity contribution in [2.24, 2.45) is 4.99 Å². The quantitative estimate of drug-likeness (QED) is 0.630. The molecule has 10 nitrogen and oxygen atoms in total. The second-order valence-corrected chi connectivity index (χ2v) is 7.46. The van der Waals surface area contributed by atoms with E-state index in [1.165, 1.54) is 0 Å². The highest BCUT2D eigenvalue weighted by Gasteiger charge is 2.55. The number of fused-ring (bicyclic) bond motifs is 2. The molecule has 1 unspecified atom stereocenters. The molecule has 0 radical (unpaired) electrons. The summed E-state index contributed by atoms with van der Waals surface area (Å²) < 4.78 is 20.0. The molecule has 0 saturated carbocycles. The Hall–Kier alpha value is -2.30. The lowest BCUT2D eigenvalue weighted by Crippen LogP contribution is -2.28. The summed E-state index contributed by atoms with van der Waals surface area (Å²) >= 11 is 0. The maximum atomic E-state index is 12.4. The van der Waals surface area contributed by atoms with Crippen LogP contribution in [0.3, 0.4) is 0 Å². The first kappa shape index (κ1) is 18.1. The van der Waals surface area contributed by atoms with Gasteiger partial charge >= 0.3 is 0 Å². The molecule has 4 atom stereocenters. The van der Waals surface area contributed by atoms with Crippen molar-refractivity contribution in [1.29, 1.82) is 0 Å². The Labute approximate surface area is 156 Å². The molecule has 10 heteroatoms. The van der Waals surface area contributed by atoms with Crippen LogP contribution in [-0.2, 0) is 14.2 Å². The van der Waals surface area contributed by atoms with Gasteiger partial charge in [-0.05, 0) is 20.3 Å². The Bertz CT molecular complexity index is 933. The van der Waals surface area contributed by atoms with E-state index >= 15 is 0 Å². The molecular weight excluding hydrogens is 352 g/mol. The van der Waals surface area contributed by atoms with Gasteiger partial charge in [0.1, 0.15) is 12.2 Å². The monoisotopic (exact) mass is 376 g/mol. The fourth-order valence-electron chi connectivity index (χ4n) is 3.54. The normalized spacial score (nSPS) is 29.7. The second kappa shape index (κ2) is 6.39. The molecular formula is C17H24N6O4. The number of rotatable bonds is 4. The van der Waals surface area contributed by atoms with Crippen molar-refractivity contribution in [2.45, 2.75) is 57.5 Å². The highest BCUT2D eigenvalue weighted by molar-refractivity contribution is 5.71. The molecule has 2 aromatic rings. The third-order valence-electron chi connectivity index (χ3n) is 4.63. The van der Waals surface area contributed by atoms with Crippen LogP contribution in [0.1, 0.15) is 33.4 Å². The Morgan fingerprint density at radius 1 is 1.37 bits per heavy atom. The van der Waals surface area contributed by atoms with Crippen LogP contribution in [0.5, 0.6) is 0 Å². The van der Waals surface area contributed by atoms with Gasteiger partial charge in [0.15, 0.2) is 23.2 Å². The van der Waals surface area contributed by atoms with Gasteiger partial charge in [0.2, 0.25) is 5.95 Å². The summed E-state index contributed by atoms with van der Waals surface area (Å²) in [6, 6.07) is 0. The van der Waals surface area contributed by atoms with Crippen LogP contribution in [0.15, 0.2) is 16.1 Å². The van der Waals surface area contributed by atoms with Gasteiger partial charge in [0, 0.05) is 14.1 Å². The molecule has 2 saturated heterocycles. The third-order valence-corrected chi connectivity index (χ3v) is 4.63. The molecule has 0 amide bonds. The smallest absolute Gasteiger partial charge is 0.280 e. The summed E-state index contributed by atoms with van der Waals surface area (Å²) in [7, 11) is 3.67. The van der Waals surface area contributed by atoms with E-state index in [9.17, 15) is 4.79 Å². The van der Waals surface area contributed by atoms with E-state index < -0.39 is 12.0 Å². The number of aromatic amines is 1. The fourth-order valence-corrected chi connectivity index (χ4v) is 3.54. The first-order chi connectivity index (χ1) is 12.8. The maximum absolute atomic E-state index is 12.4. The number of aromatic nitrogens is 4. The van der Waals surface area contributed by atoms with Crippen molar-refractivity contribution in [3.63, 3.8) is 0 Å². The summed E-state index contributed by atoms with van der Waals surface area (Å²) in [5, 5.41) is 0. The van der Waals surface area contributed by atoms with Crippen molar-refractivity contribution in [2.75, 3.05) is 14.1 Å². The minimum Gasteiger partial charge on any atom is -0.369 e. The number of hydrogen-bond acceptors (Lipinski definition) is 7. The summed E-state index contributed by atoms with van der Waals surface area (Å²) in [5.41, 5.74) is 0.283. The average molecular weight is 376 g/mol. The molecule has 2 aliphatic heterocycles. The van der Waals surface area contributed by atoms with Crippen LogP contribution in [0.4, 0.5) is 5.95 Å². The number of imidazole rings is 1. The first-order valence-corrected chi connectivity index (χ1v) is 8.97. The number of hydrogen-bond donors (Lipinski definition) is 1. The Morgan fingerprint density at radius 3 is 2.81 bits per heavy atom. The van der Waals surface area contributed by atoms with Crippen LogP contribution in [-0.4, -0.2) is 69.0 Å². The minimum atomic E-state index is -0.687. The van der Waals surface area contributed by atoms with Crippen molar-refractivity contribution in [1.82, 2.24) is 24.4 Å². The van der Waals surface area contributed by atoms with Crippen molar-refractivity contribution in [3.05, 3.63) is 16.7 Å². The molecule has 1 N–H and O–H groups in total. The van der Waals surface area contributed by atoms with Crippen molar-refractivity contribution >= 4 is 23.5 Å². The van der Waals surface area contributed by atoms with Gasteiger partial charge in [-0.15, -0.1) is 0 Å². The Balaban J connectivity index is 1.76. The van der Waals surface area contributed by atoms with Crippen molar-refractivity contribution < 1.29 is 14.2 Å². The lowest BCUT2D eigenvalue weighted by Gasteiger charge is -2.24. The van der Waals surface area contributed by atoms with Gasteiger partial charge in [-0.1, -0.05) is 6.92 Å². The fraction of sp³-hybridized carbons (Fsp3) is 0.647. The molecule has 0 bridgehead atoms.